The van der Waals surface area contributed by atoms with Crippen LogP contribution in [0.15, 0.2) is 55.1 Å². The number of hydrogen-bond acceptors (Lipinski definition) is 5. The molecule has 1 aromatic heterocycles. The Bertz CT molecular complexity index is 1440. The summed E-state index contributed by atoms with van der Waals surface area (Å²) < 4.78 is 28.6. The maximum atomic E-state index is 14.9. The molecule has 2 saturated heterocycles. The number of benzene rings is 2. The lowest BCUT2D eigenvalue weighted by molar-refractivity contribution is -0.136. The first-order chi connectivity index (χ1) is 20.0. The first-order valence-electron chi connectivity index (χ1n) is 14.3. The van der Waals surface area contributed by atoms with Crippen LogP contribution in [0.4, 0.5) is 8.78 Å². The fourth-order valence-corrected chi connectivity index (χ4v) is 6.38. The summed E-state index contributed by atoms with van der Waals surface area (Å²) in [6, 6.07) is 9.39. The molecule has 0 aliphatic carbocycles. The molecule has 2 aliphatic heterocycles. The van der Waals surface area contributed by atoms with Crippen molar-refractivity contribution >= 4 is 23.4 Å². The second kappa shape index (κ2) is 12.4. The van der Waals surface area contributed by atoms with E-state index in [4.69, 9.17) is 11.6 Å². The Morgan fingerprint density at radius 3 is 2.36 bits per heavy atom. The topological polar surface area (TPSA) is 78.4 Å². The molecule has 0 spiro atoms. The van der Waals surface area contributed by atoms with E-state index >= 15 is 0 Å². The van der Waals surface area contributed by atoms with Gasteiger partial charge >= 0.3 is 0 Å². The zero-order chi connectivity index (χ0) is 30.0. The molecule has 222 valence electrons. The van der Waals surface area contributed by atoms with Crippen molar-refractivity contribution in [3.05, 3.63) is 94.0 Å². The number of carbonyl (C=O) groups is 2. The van der Waals surface area contributed by atoms with E-state index in [-0.39, 0.29) is 29.2 Å². The molecule has 2 amide bonds. The number of nitrogens with zero attached hydrogens (tertiary/aromatic N) is 4. The monoisotopic (exact) mass is 595 g/mol. The van der Waals surface area contributed by atoms with Crippen LogP contribution >= 0.6 is 11.6 Å². The minimum Gasteiger partial charge on any atom is -0.348 e. The second-order valence-electron chi connectivity index (χ2n) is 12.2. The molecular weight excluding hydrogens is 560 g/mol. The highest BCUT2D eigenvalue weighted by molar-refractivity contribution is 6.30. The number of rotatable bonds is 6. The lowest BCUT2D eigenvalue weighted by atomic mass is 9.84. The van der Waals surface area contributed by atoms with Crippen molar-refractivity contribution < 1.29 is 18.4 Å². The number of aromatic nitrogens is 2. The third kappa shape index (κ3) is 6.63. The molecule has 1 N–H and O–H groups in total. The molecular formula is C32H36ClF2N5O2. The minimum absolute atomic E-state index is 0.0163. The Hall–Kier alpha value is -3.43. The number of amides is 2. The van der Waals surface area contributed by atoms with Crippen LogP contribution in [-0.2, 0) is 11.3 Å². The standard InChI is InChI=1S/C32H36ClF2N5O2/c1-32(2,3)40-17-27(26-7-5-24(34)13-29(26)35)28(18-40)31(42)39-10-8-20(9-11-39)25-6-4-23(33)12-21(25)16-38-30(41)22-14-36-19-37-15-22/h4-7,12-15,19-20,27-28H,8-11,16-18H2,1-3H3,(H,38,41)/t27?,28-/m1/s1. The van der Waals surface area contributed by atoms with Crippen molar-refractivity contribution in [2.45, 2.75) is 57.5 Å². The molecule has 0 saturated carbocycles. The maximum Gasteiger partial charge on any atom is 0.254 e. The van der Waals surface area contributed by atoms with Crippen LogP contribution in [-0.4, -0.2) is 63.3 Å². The van der Waals surface area contributed by atoms with Gasteiger partial charge < -0.3 is 10.2 Å². The van der Waals surface area contributed by atoms with Crippen molar-refractivity contribution in [2.24, 2.45) is 5.92 Å². The molecule has 42 heavy (non-hydrogen) atoms. The Labute approximate surface area is 250 Å². The van der Waals surface area contributed by atoms with Gasteiger partial charge in [-0.05, 0) is 74.4 Å². The zero-order valence-electron chi connectivity index (χ0n) is 24.1. The molecule has 5 rings (SSSR count). The van der Waals surface area contributed by atoms with Crippen LogP contribution in [0, 0.1) is 17.6 Å². The quantitative estimate of drug-likeness (QED) is 0.404. The smallest absolute Gasteiger partial charge is 0.254 e. The van der Waals surface area contributed by atoms with Crippen molar-refractivity contribution in [2.75, 3.05) is 26.2 Å². The predicted molar refractivity (Wildman–Crippen MR) is 157 cm³/mol. The normalized spacial score (nSPS) is 20.1. The first kappa shape index (κ1) is 30.0. The lowest BCUT2D eigenvalue weighted by Crippen LogP contribution is -2.44. The van der Waals surface area contributed by atoms with Crippen LogP contribution in [0.5, 0.6) is 0 Å². The van der Waals surface area contributed by atoms with Gasteiger partial charge in [0.2, 0.25) is 5.91 Å². The maximum absolute atomic E-state index is 14.9. The summed E-state index contributed by atoms with van der Waals surface area (Å²) in [6.07, 6.45) is 5.82. The largest absolute Gasteiger partial charge is 0.348 e. The van der Waals surface area contributed by atoms with Crippen LogP contribution in [0.1, 0.15) is 72.5 Å². The van der Waals surface area contributed by atoms with Gasteiger partial charge in [-0.15, -0.1) is 0 Å². The SMILES string of the molecule is CC(C)(C)N1CC(c2ccc(F)cc2F)[C@H](C(=O)N2CCC(c3ccc(Cl)cc3CNC(=O)c3cncnc3)CC2)C1. The Balaban J connectivity index is 1.28. The van der Waals surface area contributed by atoms with Gasteiger partial charge in [0.25, 0.3) is 5.91 Å². The van der Waals surface area contributed by atoms with Crippen molar-refractivity contribution in [3.63, 3.8) is 0 Å². The average Bonchev–Trinajstić information content (AvgIpc) is 3.42. The van der Waals surface area contributed by atoms with Gasteiger partial charge in [-0.1, -0.05) is 23.7 Å². The molecule has 0 bridgehead atoms. The molecule has 3 aromatic rings. The number of carbonyl (C=O) groups excluding carboxylic acids is 2. The number of likely N-dealkylation sites (tertiary alicyclic amines) is 2. The average molecular weight is 596 g/mol. The number of piperidine rings is 1. The van der Waals surface area contributed by atoms with Gasteiger partial charge in [0.15, 0.2) is 0 Å². The lowest BCUT2D eigenvalue weighted by Gasteiger charge is -2.36. The number of hydrogen-bond donors (Lipinski definition) is 1. The van der Waals surface area contributed by atoms with Gasteiger partial charge in [0, 0.05) is 67.7 Å². The van der Waals surface area contributed by atoms with Gasteiger partial charge in [0.1, 0.15) is 18.0 Å². The zero-order valence-corrected chi connectivity index (χ0v) is 24.9. The summed E-state index contributed by atoms with van der Waals surface area (Å²) in [6.45, 7) is 8.77. The Morgan fingerprint density at radius 1 is 1.00 bits per heavy atom. The van der Waals surface area contributed by atoms with Crippen molar-refractivity contribution in [1.82, 2.24) is 25.1 Å². The highest BCUT2D eigenvalue weighted by Crippen LogP contribution is 2.40. The van der Waals surface area contributed by atoms with E-state index in [9.17, 15) is 18.4 Å². The third-order valence-electron chi connectivity index (χ3n) is 8.56. The molecule has 7 nitrogen and oxygen atoms in total. The molecule has 3 heterocycles. The number of nitrogens with one attached hydrogen (secondary N) is 1. The van der Waals surface area contributed by atoms with Gasteiger partial charge in [-0.3, -0.25) is 14.5 Å². The van der Waals surface area contributed by atoms with Crippen LogP contribution in [0.25, 0.3) is 0 Å². The van der Waals surface area contributed by atoms with E-state index in [2.05, 4.69) is 41.0 Å². The van der Waals surface area contributed by atoms with Crippen molar-refractivity contribution in [1.29, 1.82) is 0 Å². The molecule has 0 radical (unpaired) electrons. The Morgan fingerprint density at radius 2 is 1.69 bits per heavy atom. The summed E-state index contributed by atoms with van der Waals surface area (Å²) in [5, 5.41) is 3.52. The highest BCUT2D eigenvalue weighted by Gasteiger charge is 2.44. The summed E-state index contributed by atoms with van der Waals surface area (Å²) in [5.41, 5.74) is 2.61. The van der Waals surface area contributed by atoms with Gasteiger partial charge in [-0.25, -0.2) is 18.7 Å². The first-order valence-corrected chi connectivity index (χ1v) is 14.7. The fraction of sp³-hybridized carbons (Fsp3) is 0.438. The van der Waals surface area contributed by atoms with Gasteiger partial charge in [0.05, 0.1) is 11.5 Å². The summed E-state index contributed by atoms with van der Waals surface area (Å²) in [4.78, 5) is 38.4. The third-order valence-corrected chi connectivity index (χ3v) is 8.80. The number of halogens is 3. The van der Waals surface area contributed by atoms with E-state index in [1.54, 1.807) is 0 Å². The van der Waals surface area contributed by atoms with E-state index in [0.717, 1.165) is 30.0 Å². The van der Waals surface area contributed by atoms with E-state index in [0.29, 0.717) is 48.9 Å². The highest BCUT2D eigenvalue weighted by atomic mass is 35.5. The predicted octanol–water partition coefficient (Wildman–Crippen LogP) is 5.56. The summed E-state index contributed by atoms with van der Waals surface area (Å²) in [5.74, 6) is -2.05. The molecule has 2 fully saturated rings. The Kier molecular flexibility index (Phi) is 8.89. The van der Waals surface area contributed by atoms with Crippen LogP contribution < -0.4 is 5.32 Å². The molecule has 2 atom stereocenters. The molecule has 10 heteroatoms. The van der Waals surface area contributed by atoms with E-state index in [1.165, 1.54) is 30.9 Å². The minimum atomic E-state index is -0.623. The molecule has 2 aliphatic rings. The van der Waals surface area contributed by atoms with Gasteiger partial charge in [-0.2, -0.15) is 0 Å². The van der Waals surface area contributed by atoms with E-state index < -0.39 is 17.6 Å². The summed E-state index contributed by atoms with van der Waals surface area (Å²) in [7, 11) is 0. The molecule has 1 unspecified atom stereocenters. The summed E-state index contributed by atoms with van der Waals surface area (Å²) >= 11 is 6.32. The van der Waals surface area contributed by atoms with Crippen LogP contribution in [0.2, 0.25) is 5.02 Å². The fourth-order valence-electron chi connectivity index (χ4n) is 6.18. The van der Waals surface area contributed by atoms with Crippen LogP contribution in [0.3, 0.4) is 0 Å². The molecule has 2 aromatic carbocycles. The van der Waals surface area contributed by atoms with Crippen molar-refractivity contribution in [3.8, 4) is 0 Å². The van der Waals surface area contributed by atoms with E-state index in [1.807, 2.05) is 23.1 Å². The second-order valence-corrected chi connectivity index (χ2v) is 12.6.